The summed E-state index contributed by atoms with van der Waals surface area (Å²) in [5.41, 5.74) is 0. The van der Waals surface area contributed by atoms with E-state index in [1.807, 2.05) is 53.9 Å². The summed E-state index contributed by atoms with van der Waals surface area (Å²) in [6, 6.07) is 20.3. The Hall–Kier alpha value is -2.03. The van der Waals surface area contributed by atoms with Gasteiger partial charge in [0.15, 0.2) is 0 Å². The summed E-state index contributed by atoms with van der Waals surface area (Å²) in [5.74, 6) is 0. The van der Waals surface area contributed by atoms with Crippen LogP contribution >= 0.6 is 22.7 Å². The molecule has 0 bridgehead atoms. The van der Waals surface area contributed by atoms with Gasteiger partial charge in [-0.2, -0.15) is 0 Å². The van der Waals surface area contributed by atoms with Crippen LogP contribution in [0.5, 0.6) is 0 Å². The molecule has 2 heterocycles. The molecule has 2 aromatic carbocycles. The van der Waals surface area contributed by atoms with Crippen molar-refractivity contribution in [2.45, 2.75) is 11.0 Å². The van der Waals surface area contributed by atoms with E-state index in [9.17, 15) is 13.5 Å². The minimum atomic E-state index is -3.73. The van der Waals surface area contributed by atoms with Crippen LogP contribution in [-0.4, -0.2) is 20.1 Å². The zero-order valence-electron chi connectivity index (χ0n) is 14.2. The molecule has 4 nitrogen and oxygen atoms in total. The second-order valence-electron chi connectivity index (χ2n) is 6.02. The number of hydrogen-bond donors (Lipinski definition) is 2. The van der Waals surface area contributed by atoms with E-state index in [-0.39, 0.29) is 11.4 Å². The predicted molar refractivity (Wildman–Crippen MR) is 112 cm³/mol. The molecule has 0 radical (unpaired) electrons. The number of aliphatic hydroxyl groups excluding tert-OH is 1. The molecule has 1 atom stereocenters. The first-order chi connectivity index (χ1) is 13.0. The number of aliphatic hydroxyl groups is 1. The number of fused-ring (bicyclic) bond motifs is 1. The summed E-state index contributed by atoms with van der Waals surface area (Å²) in [4.78, 5) is 3.16. The Kier molecular flexibility index (Phi) is 5.12. The Labute approximate surface area is 165 Å². The molecule has 7 heteroatoms. The fourth-order valence-electron chi connectivity index (χ4n) is 2.88. The molecule has 138 valence electrons. The SMILES string of the molecule is O=S(=O)(NCC(O)c1ccc(-c2cccs2)s1)c1cccc2ccccc12. The van der Waals surface area contributed by atoms with E-state index in [0.29, 0.717) is 5.39 Å². The monoisotopic (exact) mass is 415 g/mol. The lowest BCUT2D eigenvalue weighted by Gasteiger charge is -2.12. The predicted octanol–water partition coefficient (Wildman–Crippen LogP) is 4.64. The van der Waals surface area contributed by atoms with E-state index >= 15 is 0 Å². The summed E-state index contributed by atoms with van der Waals surface area (Å²) in [6.45, 7) is -0.0735. The molecule has 27 heavy (non-hydrogen) atoms. The van der Waals surface area contributed by atoms with E-state index in [1.165, 1.54) is 11.3 Å². The number of nitrogens with one attached hydrogen (secondary N) is 1. The quantitative estimate of drug-likeness (QED) is 0.482. The molecule has 0 saturated heterocycles. The average molecular weight is 416 g/mol. The Morgan fingerprint density at radius 1 is 0.926 bits per heavy atom. The number of thiophene rings is 2. The van der Waals surface area contributed by atoms with Crippen LogP contribution in [0.2, 0.25) is 0 Å². The van der Waals surface area contributed by atoms with Gasteiger partial charge in [-0.1, -0.05) is 42.5 Å². The molecule has 1 unspecified atom stereocenters. The smallest absolute Gasteiger partial charge is 0.241 e. The number of hydrogen-bond acceptors (Lipinski definition) is 5. The van der Waals surface area contributed by atoms with Gasteiger partial charge in [-0.25, -0.2) is 13.1 Å². The van der Waals surface area contributed by atoms with Crippen molar-refractivity contribution in [1.29, 1.82) is 0 Å². The Bertz CT molecular complexity index is 1160. The lowest BCUT2D eigenvalue weighted by Crippen LogP contribution is -2.28. The minimum absolute atomic E-state index is 0.0735. The van der Waals surface area contributed by atoms with E-state index in [1.54, 1.807) is 29.5 Å². The standard InChI is InChI=1S/C20H17NO3S3/c22-16(17-10-11-19(26-17)18-8-4-12-25-18)13-21-27(23,24)20-9-3-6-14-5-1-2-7-15(14)20/h1-12,16,21-22H,13H2. The van der Waals surface area contributed by atoms with Crippen LogP contribution in [0.15, 0.2) is 77.0 Å². The molecule has 0 spiro atoms. The van der Waals surface area contributed by atoms with Crippen molar-refractivity contribution in [1.82, 2.24) is 4.72 Å². The van der Waals surface area contributed by atoms with Crippen LogP contribution in [0.1, 0.15) is 11.0 Å². The van der Waals surface area contributed by atoms with Gasteiger partial charge in [-0.15, -0.1) is 22.7 Å². The van der Waals surface area contributed by atoms with Crippen LogP contribution in [0, 0.1) is 0 Å². The molecular weight excluding hydrogens is 398 g/mol. The highest BCUT2D eigenvalue weighted by Gasteiger charge is 2.20. The minimum Gasteiger partial charge on any atom is -0.386 e. The fourth-order valence-corrected chi connectivity index (χ4v) is 5.97. The molecule has 0 fully saturated rings. The van der Waals surface area contributed by atoms with Crippen molar-refractivity contribution in [2.75, 3.05) is 6.54 Å². The summed E-state index contributed by atoms with van der Waals surface area (Å²) in [7, 11) is -3.73. The lowest BCUT2D eigenvalue weighted by atomic mass is 10.1. The highest BCUT2D eigenvalue weighted by Crippen LogP contribution is 2.34. The van der Waals surface area contributed by atoms with Gasteiger partial charge in [0.1, 0.15) is 6.10 Å². The Morgan fingerprint density at radius 3 is 2.56 bits per heavy atom. The lowest BCUT2D eigenvalue weighted by molar-refractivity contribution is 0.186. The third-order valence-corrected chi connectivity index (χ3v) is 7.96. The van der Waals surface area contributed by atoms with E-state index in [2.05, 4.69) is 4.72 Å². The number of rotatable bonds is 6. The first-order valence-corrected chi connectivity index (χ1v) is 11.5. The first-order valence-electron chi connectivity index (χ1n) is 8.34. The molecular formula is C20H17NO3S3. The second-order valence-corrected chi connectivity index (χ2v) is 9.82. The van der Waals surface area contributed by atoms with Crippen LogP contribution in [0.4, 0.5) is 0 Å². The molecule has 4 aromatic rings. The summed E-state index contributed by atoms with van der Waals surface area (Å²) >= 11 is 3.11. The molecule has 0 aliphatic heterocycles. The summed E-state index contributed by atoms with van der Waals surface area (Å²) in [6.07, 6.45) is -0.895. The van der Waals surface area contributed by atoms with Gasteiger partial charge in [0, 0.05) is 26.6 Å². The zero-order chi connectivity index (χ0) is 18.9. The maximum Gasteiger partial charge on any atom is 0.241 e. The van der Waals surface area contributed by atoms with Crippen LogP contribution in [0.3, 0.4) is 0 Å². The van der Waals surface area contributed by atoms with Gasteiger partial charge in [0.2, 0.25) is 10.0 Å². The molecule has 0 amide bonds. The van der Waals surface area contributed by atoms with Crippen molar-refractivity contribution in [3.8, 4) is 9.75 Å². The van der Waals surface area contributed by atoms with Gasteiger partial charge in [-0.3, -0.25) is 0 Å². The highest BCUT2D eigenvalue weighted by molar-refractivity contribution is 7.89. The van der Waals surface area contributed by atoms with Crippen LogP contribution < -0.4 is 4.72 Å². The highest BCUT2D eigenvalue weighted by atomic mass is 32.2. The van der Waals surface area contributed by atoms with Gasteiger partial charge < -0.3 is 5.11 Å². The second kappa shape index (κ2) is 7.53. The molecule has 0 aliphatic rings. The Morgan fingerprint density at radius 2 is 1.74 bits per heavy atom. The van der Waals surface area contributed by atoms with E-state index in [0.717, 1.165) is 20.0 Å². The normalized spacial score (nSPS) is 13.1. The summed E-state index contributed by atoms with van der Waals surface area (Å²) in [5, 5.41) is 14.0. The largest absolute Gasteiger partial charge is 0.386 e. The molecule has 0 aliphatic carbocycles. The maximum absolute atomic E-state index is 12.8. The van der Waals surface area contributed by atoms with E-state index in [4.69, 9.17) is 0 Å². The average Bonchev–Trinajstić information content (AvgIpc) is 3.37. The maximum atomic E-state index is 12.8. The molecule has 2 N–H and O–H groups in total. The van der Waals surface area contributed by atoms with Gasteiger partial charge >= 0.3 is 0 Å². The van der Waals surface area contributed by atoms with Crippen molar-refractivity contribution in [2.24, 2.45) is 0 Å². The third kappa shape index (κ3) is 3.83. The molecule has 2 aromatic heterocycles. The molecule has 0 saturated carbocycles. The first kappa shape index (κ1) is 18.3. The molecule has 4 rings (SSSR count). The van der Waals surface area contributed by atoms with Crippen molar-refractivity contribution >= 4 is 43.5 Å². The topological polar surface area (TPSA) is 66.4 Å². The van der Waals surface area contributed by atoms with Gasteiger partial charge in [-0.05, 0) is 35.0 Å². The zero-order valence-corrected chi connectivity index (χ0v) is 16.7. The van der Waals surface area contributed by atoms with Crippen LogP contribution in [-0.2, 0) is 10.0 Å². The summed E-state index contributed by atoms with van der Waals surface area (Å²) < 4.78 is 28.1. The van der Waals surface area contributed by atoms with Gasteiger partial charge in [0.25, 0.3) is 0 Å². The van der Waals surface area contributed by atoms with Crippen molar-refractivity contribution < 1.29 is 13.5 Å². The Balaban J connectivity index is 1.52. The van der Waals surface area contributed by atoms with Crippen LogP contribution in [0.25, 0.3) is 20.5 Å². The van der Waals surface area contributed by atoms with Crippen molar-refractivity contribution in [3.05, 3.63) is 77.0 Å². The van der Waals surface area contributed by atoms with Gasteiger partial charge in [0.05, 0.1) is 4.90 Å². The fraction of sp³-hybridized carbons (Fsp3) is 0.100. The number of benzene rings is 2. The number of sulfonamides is 1. The van der Waals surface area contributed by atoms with Crippen molar-refractivity contribution in [3.63, 3.8) is 0 Å². The third-order valence-electron chi connectivity index (χ3n) is 4.23. The van der Waals surface area contributed by atoms with E-state index < -0.39 is 16.1 Å².